The molecule has 1 aliphatic heterocycles. The lowest BCUT2D eigenvalue weighted by Crippen LogP contribution is -2.39. The zero-order valence-electron chi connectivity index (χ0n) is 13.2. The van der Waals surface area contributed by atoms with Gasteiger partial charge in [-0.3, -0.25) is 9.80 Å². The molecule has 2 unspecified atom stereocenters. The molecule has 0 aliphatic carbocycles. The highest BCUT2D eigenvalue weighted by atomic mass is 32.2. The summed E-state index contributed by atoms with van der Waals surface area (Å²) >= 11 is 1.39. The molecule has 3 nitrogen and oxygen atoms in total. The minimum absolute atomic E-state index is 0.0573. The van der Waals surface area contributed by atoms with Crippen molar-refractivity contribution in [2.45, 2.75) is 30.5 Å². The van der Waals surface area contributed by atoms with Crippen molar-refractivity contribution in [1.82, 2.24) is 10.4 Å². The Morgan fingerprint density at radius 2 is 1.96 bits per heavy atom. The Hall–Kier alpha value is -1.92. The van der Waals surface area contributed by atoms with Gasteiger partial charge >= 0.3 is 0 Å². The summed E-state index contributed by atoms with van der Waals surface area (Å²) in [6.07, 6.45) is 1.12. The Morgan fingerprint density at radius 1 is 1.21 bits per heavy atom. The molecule has 0 spiro atoms. The Labute approximate surface area is 144 Å². The van der Waals surface area contributed by atoms with E-state index in [1.807, 2.05) is 37.3 Å². The molecule has 1 amide bonds. The fraction of sp³-hybridized carbons (Fsp3) is 0.278. The van der Waals surface area contributed by atoms with E-state index in [0.717, 1.165) is 24.1 Å². The molecule has 0 bridgehead atoms. The molecule has 1 saturated heterocycles. The summed E-state index contributed by atoms with van der Waals surface area (Å²) in [5.74, 6) is -1.04. The Balaban J connectivity index is 1.92. The van der Waals surface area contributed by atoms with Gasteiger partial charge in [0.05, 0.1) is 0 Å². The summed E-state index contributed by atoms with van der Waals surface area (Å²) in [6.45, 7) is 1.93. The highest BCUT2D eigenvalue weighted by molar-refractivity contribution is 7.99. The van der Waals surface area contributed by atoms with Crippen LogP contribution in [0.25, 0.3) is 0 Å². The van der Waals surface area contributed by atoms with Gasteiger partial charge in [0, 0.05) is 12.0 Å². The molecule has 6 heteroatoms. The number of benzene rings is 2. The molecular formula is C18H18F2N2OS. The summed E-state index contributed by atoms with van der Waals surface area (Å²) in [5, 5.41) is 0.739. The van der Waals surface area contributed by atoms with Crippen molar-refractivity contribution in [2.24, 2.45) is 0 Å². The van der Waals surface area contributed by atoms with E-state index in [2.05, 4.69) is 5.43 Å². The second kappa shape index (κ2) is 7.32. The first-order valence-electron chi connectivity index (χ1n) is 7.83. The van der Waals surface area contributed by atoms with Gasteiger partial charge in [-0.15, -0.1) is 11.8 Å². The molecule has 3 rings (SSSR count). The van der Waals surface area contributed by atoms with Crippen molar-refractivity contribution in [3.8, 4) is 0 Å². The molecule has 0 radical (unpaired) electrons. The lowest BCUT2D eigenvalue weighted by molar-refractivity contribution is -0.134. The second-order valence-electron chi connectivity index (χ2n) is 5.59. The molecule has 1 fully saturated rings. The Bertz CT molecular complexity index is 726. The summed E-state index contributed by atoms with van der Waals surface area (Å²) in [6, 6.07) is 12.9. The molecule has 1 heterocycles. The molecule has 1 N–H and O–H groups in total. The van der Waals surface area contributed by atoms with E-state index in [1.54, 1.807) is 5.01 Å². The number of hydrazine groups is 1. The minimum atomic E-state index is -0.522. The van der Waals surface area contributed by atoms with Crippen molar-refractivity contribution in [3.63, 3.8) is 0 Å². The first-order valence-corrected chi connectivity index (χ1v) is 8.78. The first kappa shape index (κ1) is 16.9. The molecule has 1 aliphatic rings. The van der Waals surface area contributed by atoms with Crippen molar-refractivity contribution in [1.29, 1.82) is 0 Å². The zero-order chi connectivity index (χ0) is 17.1. The fourth-order valence-electron chi connectivity index (χ4n) is 2.65. The van der Waals surface area contributed by atoms with Crippen LogP contribution >= 0.6 is 11.8 Å². The number of amides is 1. The quantitative estimate of drug-likeness (QED) is 0.880. The number of carbonyl (C=O) groups is 1. The Kier molecular flexibility index (Phi) is 5.16. The summed E-state index contributed by atoms with van der Waals surface area (Å²) in [4.78, 5) is 12.4. The average Bonchev–Trinajstić information content (AvgIpc) is 3.03. The van der Waals surface area contributed by atoms with E-state index in [9.17, 15) is 13.6 Å². The molecular weight excluding hydrogens is 330 g/mol. The smallest absolute Gasteiger partial charge is 0.238 e. The number of hydrogen-bond donors (Lipinski definition) is 1. The van der Waals surface area contributed by atoms with Crippen molar-refractivity contribution >= 4 is 17.7 Å². The van der Waals surface area contributed by atoms with Gasteiger partial charge in [0.2, 0.25) is 5.91 Å². The number of rotatable bonds is 4. The van der Waals surface area contributed by atoms with Gasteiger partial charge < -0.3 is 0 Å². The van der Waals surface area contributed by atoms with Crippen LogP contribution in [0.15, 0.2) is 48.5 Å². The number of thioether (sulfide) groups is 1. The maximum atomic E-state index is 14.1. The SMILES string of the molecule is CCCC(=O)N1NC(c2cc(F)ccc2F)SC1c1ccccc1. The maximum Gasteiger partial charge on any atom is 0.238 e. The molecule has 2 aromatic carbocycles. The van der Waals surface area contributed by atoms with E-state index in [-0.39, 0.29) is 16.8 Å². The third-order valence-electron chi connectivity index (χ3n) is 3.81. The van der Waals surface area contributed by atoms with E-state index in [1.165, 1.54) is 17.8 Å². The monoisotopic (exact) mass is 348 g/mol. The number of hydrogen-bond acceptors (Lipinski definition) is 3. The van der Waals surface area contributed by atoms with Gasteiger partial charge in [-0.25, -0.2) is 14.2 Å². The first-order chi connectivity index (χ1) is 11.6. The van der Waals surface area contributed by atoms with Crippen LogP contribution in [0.5, 0.6) is 0 Å². The van der Waals surface area contributed by atoms with E-state index in [0.29, 0.717) is 6.42 Å². The van der Waals surface area contributed by atoms with E-state index < -0.39 is 17.0 Å². The Morgan fingerprint density at radius 3 is 2.67 bits per heavy atom. The predicted octanol–water partition coefficient (Wildman–Crippen LogP) is 4.54. The van der Waals surface area contributed by atoms with Crippen LogP contribution in [0.3, 0.4) is 0 Å². The average molecular weight is 348 g/mol. The fourth-order valence-corrected chi connectivity index (χ4v) is 4.03. The van der Waals surface area contributed by atoms with Crippen LogP contribution in [-0.4, -0.2) is 10.9 Å². The van der Waals surface area contributed by atoms with E-state index >= 15 is 0 Å². The van der Waals surface area contributed by atoms with Gasteiger partial charge in [0.25, 0.3) is 0 Å². The van der Waals surface area contributed by atoms with Gasteiger partial charge in [0.15, 0.2) is 0 Å². The van der Waals surface area contributed by atoms with Crippen LogP contribution < -0.4 is 5.43 Å². The topological polar surface area (TPSA) is 32.3 Å². The van der Waals surface area contributed by atoms with E-state index in [4.69, 9.17) is 0 Å². The van der Waals surface area contributed by atoms with Crippen LogP contribution in [0, 0.1) is 11.6 Å². The summed E-state index contributed by atoms with van der Waals surface area (Å²) < 4.78 is 27.6. The molecule has 24 heavy (non-hydrogen) atoms. The van der Waals surface area contributed by atoms with Crippen LogP contribution in [-0.2, 0) is 4.79 Å². The summed E-state index contributed by atoms with van der Waals surface area (Å²) in [5.41, 5.74) is 4.21. The highest BCUT2D eigenvalue weighted by Crippen LogP contribution is 2.47. The molecule has 126 valence electrons. The number of halogens is 2. The third-order valence-corrected chi connectivity index (χ3v) is 5.19. The van der Waals surface area contributed by atoms with Crippen LogP contribution in [0.1, 0.15) is 41.6 Å². The number of nitrogens with one attached hydrogen (secondary N) is 1. The molecule has 0 saturated carbocycles. The second-order valence-corrected chi connectivity index (χ2v) is 6.78. The lowest BCUT2D eigenvalue weighted by atomic mass is 10.2. The van der Waals surface area contributed by atoms with Crippen LogP contribution in [0.4, 0.5) is 8.78 Å². The van der Waals surface area contributed by atoms with Crippen molar-refractivity contribution < 1.29 is 13.6 Å². The predicted molar refractivity (Wildman–Crippen MR) is 90.8 cm³/mol. The van der Waals surface area contributed by atoms with Gasteiger partial charge in [-0.2, -0.15) is 0 Å². The minimum Gasteiger partial charge on any atom is -0.273 e. The van der Waals surface area contributed by atoms with Gasteiger partial charge in [0.1, 0.15) is 22.4 Å². The molecule has 2 atom stereocenters. The molecule has 0 aromatic heterocycles. The standard InChI is InChI=1S/C18H18F2N2OS/c1-2-6-16(23)22-18(12-7-4-3-5-8-12)24-17(21-22)14-11-13(19)9-10-15(14)20/h3-5,7-11,17-18,21H,2,6H2,1H3. The van der Waals surface area contributed by atoms with Crippen LogP contribution in [0.2, 0.25) is 0 Å². The maximum absolute atomic E-state index is 14.1. The third kappa shape index (κ3) is 3.44. The van der Waals surface area contributed by atoms with Crippen molar-refractivity contribution in [3.05, 3.63) is 71.3 Å². The molecule has 2 aromatic rings. The number of carbonyl (C=O) groups excluding carboxylic acids is 1. The number of nitrogens with zero attached hydrogens (tertiary/aromatic N) is 1. The van der Waals surface area contributed by atoms with Gasteiger partial charge in [-0.05, 0) is 30.2 Å². The van der Waals surface area contributed by atoms with Crippen molar-refractivity contribution in [2.75, 3.05) is 0 Å². The lowest BCUT2D eigenvalue weighted by Gasteiger charge is -2.23. The largest absolute Gasteiger partial charge is 0.273 e. The highest BCUT2D eigenvalue weighted by Gasteiger charge is 2.38. The zero-order valence-corrected chi connectivity index (χ0v) is 14.0. The normalized spacial score (nSPS) is 20.4. The summed E-state index contributed by atoms with van der Waals surface area (Å²) in [7, 11) is 0. The van der Waals surface area contributed by atoms with Gasteiger partial charge in [-0.1, -0.05) is 37.3 Å².